The van der Waals surface area contributed by atoms with Crippen molar-refractivity contribution in [2.24, 2.45) is 0 Å². The third-order valence-electron chi connectivity index (χ3n) is 18.4. The molecule has 11 aromatic carbocycles. The van der Waals surface area contributed by atoms with Gasteiger partial charge in [0, 0.05) is 65.6 Å². The molecule has 0 aliphatic rings. The lowest BCUT2D eigenvalue weighted by Gasteiger charge is -2.30. The van der Waals surface area contributed by atoms with Crippen LogP contribution in [0.25, 0.3) is 98.4 Å². The summed E-state index contributed by atoms with van der Waals surface area (Å²) in [5.74, 6) is 1.59. The second-order valence-corrected chi connectivity index (χ2v) is 25.1. The summed E-state index contributed by atoms with van der Waals surface area (Å²) in [6.45, 7) is 22.7. The number of nitrogens with zero attached hydrogens (tertiary/aromatic N) is 4. The first-order valence-corrected chi connectivity index (χ1v) is 30.3. The highest BCUT2D eigenvalue weighted by atomic mass is 15.2. The summed E-state index contributed by atoms with van der Waals surface area (Å²) in [6, 6.07) is 83.8. The number of hydrogen-bond acceptors (Lipinski definition) is 2. The number of fused-ring (bicyclic) bond motifs is 12. The minimum Gasteiger partial charge on any atom is -0.309 e. The van der Waals surface area contributed by atoms with Crippen LogP contribution in [0.3, 0.4) is 0 Å². The maximum absolute atomic E-state index is 2.58. The molecular weight excluding hydrogens is 1020 g/mol. The fourth-order valence-electron chi connectivity index (χ4n) is 14.0. The van der Waals surface area contributed by atoms with Crippen LogP contribution in [0.15, 0.2) is 218 Å². The van der Waals surface area contributed by atoms with Crippen molar-refractivity contribution in [2.75, 3.05) is 9.80 Å². The van der Waals surface area contributed by atoms with E-state index in [2.05, 4.69) is 306 Å². The predicted molar refractivity (Wildman–Crippen MR) is 362 cm³/mol. The summed E-state index contributed by atoms with van der Waals surface area (Å²) >= 11 is 0. The van der Waals surface area contributed by atoms with Crippen LogP contribution in [0.1, 0.15) is 112 Å². The molecule has 0 saturated carbocycles. The van der Waals surface area contributed by atoms with Gasteiger partial charge in [-0.2, -0.15) is 0 Å². The van der Waals surface area contributed by atoms with Crippen LogP contribution in [0.4, 0.5) is 34.1 Å². The number of anilines is 6. The molecule has 4 aromatic heterocycles. The Bertz CT molecular complexity index is 4730. The fourth-order valence-corrected chi connectivity index (χ4v) is 14.0. The van der Waals surface area contributed by atoms with Crippen LogP contribution in [0, 0.1) is 13.8 Å². The first-order chi connectivity index (χ1) is 40.8. The molecular formula is C80H70N4. The zero-order chi connectivity index (χ0) is 57.4. The van der Waals surface area contributed by atoms with Gasteiger partial charge in [-0.1, -0.05) is 200 Å². The van der Waals surface area contributed by atoms with Gasteiger partial charge in [-0.3, -0.25) is 0 Å². The van der Waals surface area contributed by atoms with Crippen molar-refractivity contribution >= 4 is 110 Å². The molecule has 0 unspecified atom stereocenters. The van der Waals surface area contributed by atoms with E-state index in [9.17, 15) is 0 Å². The Balaban J connectivity index is 1.00. The van der Waals surface area contributed by atoms with Gasteiger partial charge in [0.05, 0.1) is 55.8 Å². The van der Waals surface area contributed by atoms with Gasteiger partial charge in [-0.25, -0.2) is 0 Å². The summed E-state index contributed by atoms with van der Waals surface area (Å²) in [4.78, 5) is 5.09. The molecule has 0 N–H and O–H groups in total. The number of aryl methyl sites for hydroxylation is 2. The van der Waals surface area contributed by atoms with Crippen molar-refractivity contribution < 1.29 is 0 Å². The van der Waals surface area contributed by atoms with Crippen molar-refractivity contribution in [3.63, 3.8) is 0 Å². The van der Waals surface area contributed by atoms with Crippen molar-refractivity contribution in [2.45, 2.75) is 92.9 Å². The van der Waals surface area contributed by atoms with Gasteiger partial charge in [-0.15, -0.1) is 0 Å². The van der Waals surface area contributed by atoms with Gasteiger partial charge in [0.15, 0.2) is 0 Å². The molecule has 4 nitrogen and oxygen atoms in total. The molecule has 0 atom stereocenters. The van der Waals surface area contributed by atoms with E-state index in [-0.39, 0.29) is 0 Å². The van der Waals surface area contributed by atoms with E-state index in [0.717, 1.165) is 34.1 Å². The molecule has 0 saturated heterocycles. The van der Waals surface area contributed by atoms with Crippen LogP contribution < -0.4 is 9.80 Å². The van der Waals surface area contributed by atoms with Gasteiger partial charge < -0.3 is 18.6 Å². The third-order valence-corrected chi connectivity index (χ3v) is 18.4. The lowest BCUT2D eigenvalue weighted by Crippen LogP contribution is -2.12. The number of rotatable bonds is 12. The van der Waals surface area contributed by atoms with E-state index in [0.29, 0.717) is 23.7 Å². The molecule has 84 heavy (non-hydrogen) atoms. The Kier molecular flexibility index (Phi) is 12.0. The topological polar surface area (TPSA) is 15.3 Å². The first-order valence-electron chi connectivity index (χ1n) is 30.3. The fraction of sp³-hybridized carbons (Fsp3) is 0.175. The number of aromatic nitrogens is 2. The molecule has 0 aliphatic heterocycles. The first kappa shape index (κ1) is 51.5. The Morgan fingerprint density at radius 3 is 1.04 bits per heavy atom. The summed E-state index contributed by atoms with van der Waals surface area (Å²) < 4.78 is 5.16. The van der Waals surface area contributed by atoms with Crippen LogP contribution in [0.5, 0.6) is 0 Å². The average molecular weight is 1090 g/mol. The maximum Gasteiger partial charge on any atom is 0.0641 e. The Labute approximate surface area is 493 Å². The van der Waals surface area contributed by atoms with E-state index in [1.807, 2.05) is 0 Å². The van der Waals surface area contributed by atoms with Crippen molar-refractivity contribution in [3.05, 3.63) is 252 Å². The molecule has 0 radical (unpaired) electrons. The van der Waals surface area contributed by atoms with Gasteiger partial charge in [-0.05, 0) is 156 Å². The van der Waals surface area contributed by atoms with E-state index < -0.39 is 0 Å². The molecule has 0 aliphatic carbocycles. The highest BCUT2D eigenvalue weighted by Gasteiger charge is 2.30. The molecule has 0 amide bonds. The summed E-state index contributed by atoms with van der Waals surface area (Å²) in [5, 5.41) is 9.99. The number of hydrogen-bond donors (Lipinski definition) is 0. The molecule has 15 rings (SSSR count). The molecule has 4 heterocycles. The Morgan fingerprint density at radius 1 is 0.286 bits per heavy atom. The van der Waals surface area contributed by atoms with E-state index >= 15 is 0 Å². The molecule has 0 bridgehead atoms. The van der Waals surface area contributed by atoms with Gasteiger partial charge in [0.1, 0.15) is 0 Å². The second-order valence-electron chi connectivity index (χ2n) is 25.1. The molecule has 4 heteroatoms. The lowest BCUT2D eigenvalue weighted by atomic mass is 9.93. The number of benzene rings is 11. The molecule has 15 aromatic rings. The maximum atomic E-state index is 2.58. The Morgan fingerprint density at radius 2 is 0.655 bits per heavy atom. The minimum absolute atomic E-state index is 0.376. The zero-order valence-corrected chi connectivity index (χ0v) is 49.9. The van der Waals surface area contributed by atoms with Crippen molar-refractivity contribution in [1.82, 2.24) is 8.80 Å². The van der Waals surface area contributed by atoms with Gasteiger partial charge in [0.2, 0.25) is 0 Å². The number of para-hydroxylation sites is 2. The van der Waals surface area contributed by atoms with E-state index in [1.54, 1.807) is 0 Å². The average Bonchev–Trinajstić information content (AvgIpc) is 1.87. The standard InChI is InChI=1S/C80H70N4/c1-47(2)53-25-31-59(32-26-53)81(71-37-29-55(49(5)6)43-65(71)57-19-15-17-51(9)41-57)73-39-35-61-67-45-76-68(46-75(67)83-69-23-13-11-21-63(69)77(73)79(61)83)62-36-40-74(78-64-22-12-14-24-70(64)84(76)80(62)78)82(60-33-27-54(28-34-60)48(3)4)72-38-30-56(50(7)8)44-66(72)58-20-16-18-52(10)42-58/h11-50H,1-10H3. The smallest absolute Gasteiger partial charge is 0.0641 e. The van der Waals surface area contributed by atoms with E-state index in [4.69, 9.17) is 0 Å². The van der Waals surface area contributed by atoms with Crippen LogP contribution in [-0.4, -0.2) is 8.80 Å². The third kappa shape index (κ3) is 7.94. The van der Waals surface area contributed by atoms with Crippen LogP contribution in [-0.2, 0) is 0 Å². The van der Waals surface area contributed by atoms with Crippen molar-refractivity contribution in [3.8, 4) is 22.3 Å². The summed E-state index contributed by atoms with van der Waals surface area (Å²) in [6.07, 6.45) is 0. The van der Waals surface area contributed by atoms with Crippen molar-refractivity contribution in [1.29, 1.82) is 0 Å². The molecule has 410 valence electrons. The largest absolute Gasteiger partial charge is 0.309 e. The SMILES string of the molecule is Cc1cccc(-c2cc(C(C)C)ccc2N(c2ccc(C(C)C)cc2)c2ccc3c4cc5c(cc4n4c6ccccc6c2c34)c2ccc(N(c3ccc(C(C)C)cc3)c3ccc(C(C)C)cc3-c3cccc(C)c3)c3c4ccccc4n5c23)c1. The van der Waals surface area contributed by atoms with Gasteiger partial charge >= 0.3 is 0 Å². The van der Waals surface area contributed by atoms with Gasteiger partial charge in [0.25, 0.3) is 0 Å². The normalized spacial score (nSPS) is 12.4. The highest BCUT2D eigenvalue weighted by Crippen LogP contribution is 2.53. The van der Waals surface area contributed by atoms with Crippen LogP contribution >= 0.6 is 0 Å². The quantitative estimate of drug-likeness (QED) is 0.121. The summed E-state index contributed by atoms with van der Waals surface area (Å²) in [5.41, 5.74) is 27.0. The van der Waals surface area contributed by atoms with E-state index in [1.165, 1.54) is 132 Å². The Hall–Kier alpha value is -9.38. The van der Waals surface area contributed by atoms with Crippen LogP contribution in [0.2, 0.25) is 0 Å². The lowest BCUT2D eigenvalue weighted by molar-refractivity contribution is 0.866. The second kappa shape index (κ2) is 19.6. The molecule has 0 spiro atoms. The predicted octanol–water partition coefficient (Wildman–Crippen LogP) is 23.4. The zero-order valence-electron chi connectivity index (χ0n) is 49.9. The summed E-state index contributed by atoms with van der Waals surface area (Å²) in [7, 11) is 0. The molecule has 0 fully saturated rings. The monoisotopic (exact) mass is 1090 g/mol. The highest BCUT2D eigenvalue weighted by molar-refractivity contribution is 6.32. The minimum atomic E-state index is 0.376.